The summed E-state index contributed by atoms with van der Waals surface area (Å²) in [6.07, 6.45) is 0. The van der Waals surface area contributed by atoms with E-state index >= 15 is 0 Å². The fraction of sp³-hybridized carbons (Fsp3) is 0.353. The first-order valence-corrected chi connectivity index (χ1v) is 8.95. The minimum atomic E-state index is -0.104. The Labute approximate surface area is 150 Å². The minimum Gasteiger partial charge on any atom is -0.454 e. The van der Waals surface area contributed by atoms with Crippen LogP contribution in [0.1, 0.15) is 30.3 Å². The van der Waals surface area contributed by atoms with Crippen LogP contribution in [0.4, 0.5) is 4.79 Å². The molecule has 0 aliphatic carbocycles. The van der Waals surface area contributed by atoms with Crippen LogP contribution in [0, 0.1) is 0 Å². The molecular formula is C17H19ClN2O3S. The number of amides is 2. The Balaban J connectivity index is 1.63. The molecule has 128 valence electrons. The molecule has 0 radical (unpaired) electrons. The molecule has 7 heteroatoms. The van der Waals surface area contributed by atoms with E-state index in [4.69, 9.17) is 21.1 Å². The van der Waals surface area contributed by atoms with Crippen LogP contribution in [0.3, 0.4) is 0 Å². The van der Waals surface area contributed by atoms with Gasteiger partial charge < -0.3 is 19.7 Å². The van der Waals surface area contributed by atoms with E-state index in [1.807, 2.05) is 44.2 Å². The molecule has 0 bridgehead atoms. The van der Waals surface area contributed by atoms with Crippen molar-refractivity contribution in [3.05, 3.63) is 45.1 Å². The molecule has 2 amide bonds. The van der Waals surface area contributed by atoms with E-state index in [0.29, 0.717) is 13.1 Å². The summed E-state index contributed by atoms with van der Waals surface area (Å²) in [5, 5.41) is 3.02. The van der Waals surface area contributed by atoms with Crippen molar-refractivity contribution in [2.45, 2.75) is 26.4 Å². The maximum absolute atomic E-state index is 12.5. The third-order valence-electron chi connectivity index (χ3n) is 3.84. The Hall–Kier alpha value is -1.92. The molecule has 1 aromatic carbocycles. The summed E-state index contributed by atoms with van der Waals surface area (Å²) >= 11 is 7.43. The summed E-state index contributed by atoms with van der Waals surface area (Å²) in [5.41, 5.74) is 1.00. The molecule has 24 heavy (non-hydrogen) atoms. The Kier molecular flexibility index (Phi) is 5.16. The summed E-state index contributed by atoms with van der Waals surface area (Å²) in [6.45, 7) is 5.28. The Bertz CT molecular complexity index is 734. The highest BCUT2D eigenvalue weighted by Crippen LogP contribution is 2.33. The number of hydrogen-bond donors (Lipinski definition) is 1. The van der Waals surface area contributed by atoms with Crippen LogP contribution in [0.15, 0.2) is 30.3 Å². The van der Waals surface area contributed by atoms with E-state index in [0.717, 1.165) is 26.3 Å². The second kappa shape index (κ2) is 7.32. The monoisotopic (exact) mass is 366 g/mol. The zero-order chi connectivity index (χ0) is 17.1. The van der Waals surface area contributed by atoms with Crippen molar-refractivity contribution in [2.24, 2.45) is 0 Å². The van der Waals surface area contributed by atoms with Crippen molar-refractivity contribution in [3.8, 4) is 11.5 Å². The smallest absolute Gasteiger partial charge is 0.318 e. The molecule has 1 N–H and O–H groups in total. The SMILES string of the molecule is CCN(Cc1ccc2c(c1)OCO2)C(=O)NC(C)c1ccc(Cl)s1. The highest BCUT2D eigenvalue weighted by Gasteiger charge is 2.19. The topological polar surface area (TPSA) is 50.8 Å². The highest BCUT2D eigenvalue weighted by molar-refractivity contribution is 7.16. The summed E-state index contributed by atoms with van der Waals surface area (Å²) in [7, 11) is 0. The first kappa shape index (κ1) is 16.9. The zero-order valence-corrected chi connectivity index (χ0v) is 15.1. The van der Waals surface area contributed by atoms with Crippen LogP contribution in [0.25, 0.3) is 0 Å². The molecule has 0 fully saturated rings. The Morgan fingerprint density at radius 1 is 1.33 bits per heavy atom. The Morgan fingerprint density at radius 3 is 2.83 bits per heavy atom. The van der Waals surface area contributed by atoms with Gasteiger partial charge in [-0.2, -0.15) is 0 Å². The third-order valence-corrected chi connectivity index (χ3v) is 5.25. The quantitative estimate of drug-likeness (QED) is 0.852. The van der Waals surface area contributed by atoms with Gasteiger partial charge in [-0.3, -0.25) is 0 Å². The van der Waals surface area contributed by atoms with E-state index in [2.05, 4.69) is 5.32 Å². The maximum atomic E-state index is 12.5. The standard InChI is InChI=1S/C17H19ClN2O3S/c1-3-20(9-12-4-5-13-14(8-12)23-10-22-13)17(21)19-11(2)15-6-7-16(18)24-15/h4-8,11H,3,9-10H2,1-2H3,(H,19,21). The summed E-state index contributed by atoms with van der Waals surface area (Å²) in [6, 6.07) is 9.33. The molecule has 1 unspecified atom stereocenters. The molecule has 5 nitrogen and oxygen atoms in total. The lowest BCUT2D eigenvalue weighted by molar-refractivity contribution is 0.173. The number of fused-ring (bicyclic) bond motifs is 1. The van der Waals surface area contributed by atoms with Crippen molar-refractivity contribution in [1.82, 2.24) is 10.2 Å². The van der Waals surface area contributed by atoms with Gasteiger partial charge in [0.05, 0.1) is 10.4 Å². The highest BCUT2D eigenvalue weighted by atomic mass is 35.5. The molecule has 1 aromatic heterocycles. The number of carbonyl (C=O) groups is 1. The molecule has 1 aliphatic rings. The second-order valence-electron chi connectivity index (χ2n) is 5.51. The number of thiophene rings is 1. The number of benzene rings is 1. The summed E-state index contributed by atoms with van der Waals surface area (Å²) < 4.78 is 11.4. The zero-order valence-electron chi connectivity index (χ0n) is 13.5. The van der Waals surface area contributed by atoms with Gasteiger partial charge in [0, 0.05) is 18.0 Å². The van der Waals surface area contributed by atoms with Gasteiger partial charge in [0.2, 0.25) is 6.79 Å². The fourth-order valence-corrected chi connectivity index (χ4v) is 3.56. The lowest BCUT2D eigenvalue weighted by Crippen LogP contribution is -2.40. The van der Waals surface area contributed by atoms with Gasteiger partial charge in [-0.05, 0) is 43.7 Å². The van der Waals surface area contributed by atoms with E-state index in [-0.39, 0.29) is 18.9 Å². The van der Waals surface area contributed by atoms with E-state index in [1.165, 1.54) is 11.3 Å². The number of rotatable bonds is 5. The van der Waals surface area contributed by atoms with Gasteiger partial charge in [0.25, 0.3) is 0 Å². The molecule has 3 rings (SSSR count). The molecule has 0 saturated heterocycles. The lowest BCUT2D eigenvalue weighted by atomic mass is 10.2. The summed E-state index contributed by atoms with van der Waals surface area (Å²) in [4.78, 5) is 15.3. The van der Waals surface area contributed by atoms with Crippen molar-refractivity contribution in [2.75, 3.05) is 13.3 Å². The molecule has 0 spiro atoms. The van der Waals surface area contributed by atoms with Gasteiger partial charge in [-0.1, -0.05) is 17.7 Å². The van der Waals surface area contributed by atoms with Crippen LogP contribution < -0.4 is 14.8 Å². The number of halogens is 1. The van der Waals surface area contributed by atoms with Crippen LogP contribution in [-0.4, -0.2) is 24.3 Å². The molecule has 2 heterocycles. The third kappa shape index (κ3) is 3.76. The van der Waals surface area contributed by atoms with Crippen LogP contribution in [0.2, 0.25) is 4.34 Å². The molecule has 1 aliphatic heterocycles. The van der Waals surface area contributed by atoms with Gasteiger partial charge in [-0.15, -0.1) is 11.3 Å². The van der Waals surface area contributed by atoms with Crippen molar-refractivity contribution in [1.29, 1.82) is 0 Å². The Morgan fingerprint density at radius 2 is 2.12 bits per heavy atom. The van der Waals surface area contributed by atoms with Gasteiger partial charge >= 0.3 is 6.03 Å². The number of hydrogen-bond acceptors (Lipinski definition) is 4. The number of nitrogens with zero attached hydrogens (tertiary/aromatic N) is 1. The lowest BCUT2D eigenvalue weighted by Gasteiger charge is -2.24. The molecule has 0 saturated carbocycles. The number of urea groups is 1. The number of carbonyl (C=O) groups excluding carboxylic acids is 1. The maximum Gasteiger partial charge on any atom is 0.318 e. The van der Waals surface area contributed by atoms with Crippen molar-refractivity contribution in [3.63, 3.8) is 0 Å². The predicted molar refractivity (Wildman–Crippen MR) is 94.9 cm³/mol. The molecular weight excluding hydrogens is 348 g/mol. The van der Waals surface area contributed by atoms with Crippen LogP contribution in [-0.2, 0) is 6.54 Å². The number of ether oxygens (including phenoxy) is 2. The van der Waals surface area contributed by atoms with Crippen LogP contribution in [0.5, 0.6) is 11.5 Å². The van der Waals surface area contributed by atoms with Crippen LogP contribution >= 0.6 is 22.9 Å². The number of nitrogens with one attached hydrogen (secondary N) is 1. The van der Waals surface area contributed by atoms with Crippen molar-refractivity contribution >= 4 is 29.0 Å². The fourth-order valence-electron chi connectivity index (χ4n) is 2.50. The first-order chi connectivity index (χ1) is 11.6. The average molecular weight is 367 g/mol. The van der Waals surface area contributed by atoms with Crippen molar-refractivity contribution < 1.29 is 14.3 Å². The van der Waals surface area contributed by atoms with E-state index < -0.39 is 0 Å². The normalized spacial score (nSPS) is 13.6. The molecule has 2 aromatic rings. The van der Waals surface area contributed by atoms with Gasteiger partial charge in [0.1, 0.15) is 0 Å². The molecule has 1 atom stereocenters. The van der Waals surface area contributed by atoms with Gasteiger partial charge in [-0.25, -0.2) is 4.79 Å². The predicted octanol–water partition coefficient (Wildman–Crippen LogP) is 4.42. The summed E-state index contributed by atoms with van der Waals surface area (Å²) in [5.74, 6) is 1.47. The van der Waals surface area contributed by atoms with Gasteiger partial charge in [0.15, 0.2) is 11.5 Å². The van der Waals surface area contributed by atoms with E-state index in [9.17, 15) is 4.79 Å². The minimum absolute atomic E-state index is 0.0826. The van der Waals surface area contributed by atoms with E-state index in [1.54, 1.807) is 4.90 Å². The second-order valence-corrected chi connectivity index (χ2v) is 7.26. The average Bonchev–Trinajstić information content (AvgIpc) is 3.20. The first-order valence-electron chi connectivity index (χ1n) is 7.76. The largest absolute Gasteiger partial charge is 0.454 e.